The van der Waals surface area contributed by atoms with Crippen LogP contribution in [0.3, 0.4) is 0 Å². The monoisotopic (exact) mass is 356 g/mol. The molecule has 1 N–H and O–H groups in total. The normalized spacial score (nSPS) is 12.1. The van der Waals surface area contributed by atoms with Crippen LogP contribution in [0.15, 0.2) is 65.7 Å². The fraction of sp³-hybridized carbons (Fsp3) is 0.158. The summed E-state index contributed by atoms with van der Waals surface area (Å²) in [4.78, 5) is 17.8. The number of carbonyl (C=O) groups excluding carboxylic acids is 1. The summed E-state index contributed by atoms with van der Waals surface area (Å²) in [5.74, 6) is 0.0100. The van der Waals surface area contributed by atoms with Gasteiger partial charge in [-0.2, -0.15) is 0 Å². The van der Waals surface area contributed by atoms with Crippen molar-refractivity contribution in [3.8, 4) is 0 Å². The maximum absolute atomic E-state index is 12.4. The van der Waals surface area contributed by atoms with Crippen molar-refractivity contribution >= 4 is 40.2 Å². The molecule has 1 heterocycles. The Labute approximate surface area is 150 Å². The maximum atomic E-state index is 12.4. The number of amides is 1. The van der Waals surface area contributed by atoms with Gasteiger partial charge in [-0.1, -0.05) is 41.9 Å². The highest BCUT2D eigenvalue weighted by Crippen LogP contribution is 2.29. The van der Waals surface area contributed by atoms with Gasteiger partial charge in [-0.25, -0.2) is 0 Å². The Morgan fingerprint density at radius 1 is 1.17 bits per heavy atom. The third-order valence-electron chi connectivity index (χ3n) is 3.66. The molecule has 122 valence electrons. The molecule has 3 aromatic rings. The topological polar surface area (TPSA) is 42.0 Å². The van der Waals surface area contributed by atoms with Crippen LogP contribution in [0.5, 0.6) is 0 Å². The smallest absolute Gasteiger partial charge is 0.233 e. The first kappa shape index (κ1) is 16.8. The van der Waals surface area contributed by atoms with Crippen LogP contribution >= 0.6 is 23.4 Å². The van der Waals surface area contributed by atoms with Crippen LogP contribution in [-0.2, 0) is 11.3 Å². The lowest BCUT2D eigenvalue weighted by Gasteiger charge is -2.13. The van der Waals surface area contributed by atoms with Gasteiger partial charge < -0.3 is 5.32 Å². The van der Waals surface area contributed by atoms with E-state index >= 15 is 0 Å². The highest BCUT2D eigenvalue weighted by molar-refractivity contribution is 8.00. The summed E-state index contributed by atoms with van der Waals surface area (Å²) in [6.45, 7) is 2.41. The molecular weight excluding hydrogens is 340 g/mol. The van der Waals surface area contributed by atoms with E-state index in [2.05, 4.69) is 10.3 Å². The predicted molar refractivity (Wildman–Crippen MR) is 100 cm³/mol. The van der Waals surface area contributed by atoms with Gasteiger partial charge in [-0.05, 0) is 36.8 Å². The molecular formula is C19H17ClN2OS. The van der Waals surface area contributed by atoms with Crippen molar-refractivity contribution in [3.63, 3.8) is 0 Å². The van der Waals surface area contributed by atoms with E-state index in [9.17, 15) is 4.79 Å². The second kappa shape index (κ2) is 7.69. The van der Waals surface area contributed by atoms with Gasteiger partial charge in [0.15, 0.2) is 0 Å². The molecule has 0 aliphatic heterocycles. The van der Waals surface area contributed by atoms with Crippen LogP contribution in [0, 0.1) is 0 Å². The molecule has 0 saturated heterocycles. The van der Waals surface area contributed by atoms with Crippen molar-refractivity contribution in [3.05, 3.63) is 71.4 Å². The molecule has 5 heteroatoms. The Hall–Kier alpha value is -2.04. The lowest BCUT2D eigenvalue weighted by Crippen LogP contribution is -2.30. The standard InChI is InChI=1S/C19H17ClN2OS/c1-13(19(23)22-12-14-6-8-15(20)9-7-14)24-18-10-11-21-17-5-3-2-4-16(17)18/h2-11,13H,12H2,1H3,(H,22,23). The van der Waals surface area contributed by atoms with E-state index in [0.717, 1.165) is 21.4 Å². The van der Waals surface area contributed by atoms with Crippen molar-refractivity contribution in [2.45, 2.75) is 23.6 Å². The minimum atomic E-state index is -0.192. The SMILES string of the molecule is CC(Sc1ccnc2ccccc12)C(=O)NCc1ccc(Cl)cc1. The van der Waals surface area contributed by atoms with Crippen molar-refractivity contribution in [1.29, 1.82) is 0 Å². The molecule has 0 aliphatic carbocycles. The molecule has 0 radical (unpaired) electrons. The van der Waals surface area contributed by atoms with Crippen molar-refractivity contribution in [1.82, 2.24) is 10.3 Å². The quantitative estimate of drug-likeness (QED) is 0.674. The molecule has 0 bridgehead atoms. The first-order valence-electron chi connectivity index (χ1n) is 7.66. The van der Waals surface area contributed by atoms with E-state index in [0.29, 0.717) is 11.6 Å². The average molecular weight is 357 g/mol. The van der Waals surface area contributed by atoms with E-state index in [4.69, 9.17) is 11.6 Å². The molecule has 24 heavy (non-hydrogen) atoms. The van der Waals surface area contributed by atoms with Crippen molar-refractivity contribution in [2.24, 2.45) is 0 Å². The van der Waals surface area contributed by atoms with E-state index in [1.165, 1.54) is 0 Å². The van der Waals surface area contributed by atoms with Gasteiger partial charge in [0.2, 0.25) is 5.91 Å². The molecule has 0 fully saturated rings. The van der Waals surface area contributed by atoms with Gasteiger partial charge in [0.05, 0.1) is 10.8 Å². The van der Waals surface area contributed by atoms with Crippen LogP contribution in [-0.4, -0.2) is 16.1 Å². The minimum Gasteiger partial charge on any atom is -0.351 e. The van der Waals surface area contributed by atoms with Crippen LogP contribution in [0.2, 0.25) is 5.02 Å². The number of hydrogen-bond donors (Lipinski definition) is 1. The number of nitrogens with one attached hydrogen (secondary N) is 1. The first-order chi connectivity index (χ1) is 11.6. The van der Waals surface area contributed by atoms with Crippen LogP contribution in [0.25, 0.3) is 10.9 Å². The summed E-state index contributed by atoms with van der Waals surface area (Å²) in [5.41, 5.74) is 1.97. The fourth-order valence-electron chi connectivity index (χ4n) is 2.35. The van der Waals surface area contributed by atoms with Crippen LogP contribution in [0.4, 0.5) is 0 Å². The zero-order valence-electron chi connectivity index (χ0n) is 13.2. The van der Waals surface area contributed by atoms with E-state index < -0.39 is 0 Å². The number of aromatic nitrogens is 1. The van der Waals surface area contributed by atoms with Gasteiger partial charge >= 0.3 is 0 Å². The summed E-state index contributed by atoms with van der Waals surface area (Å²) in [6.07, 6.45) is 1.78. The molecule has 0 aliphatic rings. The van der Waals surface area contributed by atoms with E-state index in [1.54, 1.807) is 18.0 Å². The van der Waals surface area contributed by atoms with Crippen molar-refractivity contribution in [2.75, 3.05) is 0 Å². The zero-order chi connectivity index (χ0) is 16.9. The maximum Gasteiger partial charge on any atom is 0.233 e. The number of fused-ring (bicyclic) bond motifs is 1. The molecule has 3 nitrogen and oxygen atoms in total. The molecule has 1 unspecified atom stereocenters. The Morgan fingerprint density at radius 2 is 1.92 bits per heavy atom. The van der Waals surface area contributed by atoms with Crippen LogP contribution in [0.1, 0.15) is 12.5 Å². The number of hydrogen-bond acceptors (Lipinski definition) is 3. The second-order valence-corrected chi connectivity index (χ2v) is 7.25. The zero-order valence-corrected chi connectivity index (χ0v) is 14.8. The highest BCUT2D eigenvalue weighted by Gasteiger charge is 2.15. The Bertz CT molecular complexity index is 846. The molecule has 3 rings (SSSR count). The predicted octanol–water partition coefficient (Wildman–Crippen LogP) is 4.69. The largest absolute Gasteiger partial charge is 0.351 e. The molecule has 2 aromatic carbocycles. The van der Waals surface area contributed by atoms with E-state index in [1.807, 2.05) is 61.5 Å². The fourth-order valence-corrected chi connectivity index (χ4v) is 3.49. The Kier molecular flexibility index (Phi) is 5.38. The average Bonchev–Trinajstić information content (AvgIpc) is 2.61. The third-order valence-corrected chi connectivity index (χ3v) is 5.09. The number of para-hydroxylation sites is 1. The second-order valence-electron chi connectivity index (χ2n) is 5.43. The lowest BCUT2D eigenvalue weighted by molar-refractivity contribution is -0.120. The summed E-state index contributed by atoms with van der Waals surface area (Å²) < 4.78 is 0. The van der Waals surface area contributed by atoms with E-state index in [-0.39, 0.29) is 11.2 Å². The lowest BCUT2D eigenvalue weighted by atomic mass is 10.2. The van der Waals surface area contributed by atoms with Gasteiger partial charge in [0.1, 0.15) is 0 Å². The van der Waals surface area contributed by atoms with Gasteiger partial charge in [-0.3, -0.25) is 9.78 Å². The summed E-state index contributed by atoms with van der Waals surface area (Å²) in [5, 5.41) is 4.54. The summed E-state index contributed by atoms with van der Waals surface area (Å²) in [6, 6.07) is 17.4. The number of halogens is 1. The first-order valence-corrected chi connectivity index (χ1v) is 8.92. The Balaban J connectivity index is 1.64. The number of carbonyl (C=O) groups is 1. The number of benzene rings is 2. The van der Waals surface area contributed by atoms with Crippen molar-refractivity contribution < 1.29 is 4.79 Å². The number of pyridine rings is 1. The van der Waals surface area contributed by atoms with Gasteiger partial charge in [0.25, 0.3) is 0 Å². The third kappa shape index (κ3) is 4.08. The number of thioether (sulfide) groups is 1. The minimum absolute atomic E-state index is 0.0100. The molecule has 1 amide bonds. The number of rotatable bonds is 5. The molecule has 1 atom stereocenters. The van der Waals surface area contributed by atoms with Crippen LogP contribution < -0.4 is 5.32 Å². The van der Waals surface area contributed by atoms with Gasteiger partial charge in [-0.15, -0.1) is 11.8 Å². The van der Waals surface area contributed by atoms with Gasteiger partial charge in [0, 0.05) is 28.0 Å². The Morgan fingerprint density at radius 3 is 2.71 bits per heavy atom. The summed E-state index contributed by atoms with van der Waals surface area (Å²) >= 11 is 7.41. The number of nitrogens with zero attached hydrogens (tertiary/aromatic N) is 1. The molecule has 1 aromatic heterocycles. The highest BCUT2D eigenvalue weighted by atomic mass is 35.5. The summed E-state index contributed by atoms with van der Waals surface area (Å²) in [7, 11) is 0. The molecule has 0 saturated carbocycles. The molecule has 0 spiro atoms.